The fourth-order valence-electron chi connectivity index (χ4n) is 2.67. The average Bonchev–Trinajstić information content (AvgIpc) is 3.07. The molecule has 1 amide bonds. The Morgan fingerprint density at radius 1 is 1.21 bits per heavy atom. The minimum atomic E-state index is -3.87. The maximum Gasteiger partial charge on any atom is 0.271 e. The first kappa shape index (κ1) is 19.4. The molecule has 0 unspecified atom stereocenters. The van der Waals surface area contributed by atoms with Gasteiger partial charge in [-0.05, 0) is 24.6 Å². The fourth-order valence-corrected chi connectivity index (χ4v) is 3.57. The number of carbonyl (C=O) groups is 1. The molecule has 10 nitrogen and oxygen atoms in total. The van der Waals surface area contributed by atoms with Gasteiger partial charge in [0.1, 0.15) is 6.54 Å². The van der Waals surface area contributed by atoms with Crippen LogP contribution in [0.5, 0.6) is 11.5 Å². The molecule has 0 saturated heterocycles. The summed E-state index contributed by atoms with van der Waals surface area (Å²) in [6.45, 7) is 1.14. The second kappa shape index (κ2) is 7.35. The van der Waals surface area contributed by atoms with Gasteiger partial charge in [-0.25, -0.2) is 8.42 Å². The van der Waals surface area contributed by atoms with E-state index in [-0.39, 0.29) is 18.2 Å². The number of aryl methyl sites for hydroxylation is 1. The number of amides is 1. The fraction of sp³-hybridized carbons (Fsp3) is 0.235. The molecule has 28 heavy (non-hydrogen) atoms. The van der Waals surface area contributed by atoms with Gasteiger partial charge in [0.05, 0.1) is 16.9 Å². The summed E-state index contributed by atoms with van der Waals surface area (Å²) < 4.78 is 35.7. The SMILES string of the molecule is Cc1ccc([N+](=O)[O-])cc1N(CC(=O)Nc1ccc2c(c1)OCO2)S(C)(=O)=O. The maximum atomic E-state index is 12.4. The van der Waals surface area contributed by atoms with Gasteiger partial charge in [0.25, 0.3) is 5.69 Å². The van der Waals surface area contributed by atoms with Crippen LogP contribution in [0.4, 0.5) is 17.1 Å². The number of nitrogens with one attached hydrogen (secondary N) is 1. The summed E-state index contributed by atoms with van der Waals surface area (Å²) >= 11 is 0. The molecule has 3 rings (SSSR count). The third-order valence-corrected chi connectivity index (χ3v) is 5.14. The first-order chi connectivity index (χ1) is 13.1. The van der Waals surface area contributed by atoms with E-state index in [2.05, 4.69) is 5.32 Å². The minimum Gasteiger partial charge on any atom is -0.454 e. The van der Waals surface area contributed by atoms with Crippen LogP contribution in [-0.2, 0) is 14.8 Å². The first-order valence-corrected chi connectivity index (χ1v) is 9.92. The van der Waals surface area contributed by atoms with Crippen LogP contribution < -0.4 is 19.1 Å². The molecule has 1 heterocycles. The van der Waals surface area contributed by atoms with E-state index in [1.165, 1.54) is 12.1 Å². The predicted octanol–water partition coefficient (Wildman–Crippen LogP) is 2.04. The number of hydrogen-bond acceptors (Lipinski definition) is 7. The molecule has 0 atom stereocenters. The van der Waals surface area contributed by atoms with Crippen molar-refractivity contribution in [2.24, 2.45) is 0 Å². The molecule has 148 valence electrons. The van der Waals surface area contributed by atoms with Gasteiger partial charge in [0, 0.05) is 23.9 Å². The van der Waals surface area contributed by atoms with E-state index in [0.717, 1.165) is 16.6 Å². The molecule has 0 fully saturated rings. The standard InChI is InChI=1S/C17H17N3O7S/c1-11-3-5-13(20(22)23)8-14(11)19(28(2,24)25)9-17(21)18-12-4-6-15-16(7-12)27-10-26-15/h3-8H,9-10H2,1-2H3,(H,18,21). The van der Waals surface area contributed by atoms with Crippen LogP contribution in [-0.4, -0.2) is 38.8 Å². The molecule has 0 spiro atoms. The normalized spacial score (nSPS) is 12.5. The molecule has 2 aromatic carbocycles. The van der Waals surface area contributed by atoms with Crippen molar-refractivity contribution in [3.63, 3.8) is 0 Å². The minimum absolute atomic E-state index is 0.0672. The van der Waals surface area contributed by atoms with E-state index in [9.17, 15) is 23.3 Å². The van der Waals surface area contributed by atoms with Crippen LogP contribution in [0.1, 0.15) is 5.56 Å². The topological polar surface area (TPSA) is 128 Å². The third-order valence-electron chi connectivity index (χ3n) is 4.02. The van der Waals surface area contributed by atoms with E-state index in [1.807, 2.05) is 0 Å². The van der Waals surface area contributed by atoms with E-state index in [0.29, 0.717) is 22.7 Å². The van der Waals surface area contributed by atoms with E-state index in [1.54, 1.807) is 25.1 Å². The number of hydrogen-bond donors (Lipinski definition) is 1. The third kappa shape index (κ3) is 4.14. The number of fused-ring (bicyclic) bond motifs is 1. The number of nitro groups is 1. The lowest BCUT2D eigenvalue weighted by Gasteiger charge is -2.23. The molecule has 11 heteroatoms. The summed E-state index contributed by atoms with van der Waals surface area (Å²) in [4.78, 5) is 22.9. The Hall–Kier alpha value is -3.34. The monoisotopic (exact) mass is 407 g/mol. The van der Waals surface area contributed by atoms with Gasteiger partial charge in [-0.3, -0.25) is 19.2 Å². The highest BCUT2D eigenvalue weighted by Crippen LogP contribution is 2.34. The lowest BCUT2D eigenvalue weighted by Crippen LogP contribution is -2.37. The second-order valence-electron chi connectivity index (χ2n) is 6.11. The highest BCUT2D eigenvalue weighted by molar-refractivity contribution is 7.92. The van der Waals surface area contributed by atoms with Crippen LogP contribution in [0, 0.1) is 17.0 Å². The van der Waals surface area contributed by atoms with Crippen molar-refractivity contribution in [1.29, 1.82) is 0 Å². The Kier molecular flexibility index (Phi) is 5.10. The maximum absolute atomic E-state index is 12.4. The Bertz CT molecular complexity index is 1050. The molecule has 0 saturated carbocycles. The number of carbonyl (C=O) groups excluding carboxylic acids is 1. The number of nitro benzene ring substituents is 1. The van der Waals surface area contributed by atoms with E-state index < -0.39 is 27.4 Å². The summed E-state index contributed by atoms with van der Waals surface area (Å²) in [6.07, 6.45) is 0.930. The molecular weight excluding hydrogens is 390 g/mol. The van der Waals surface area contributed by atoms with Gasteiger partial charge in [0.2, 0.25) is 22.7 Å². The van der Waals surface area contributed by atoms with Gasteiger partial charge in [0.15, 0.2) is 11.5 Å². The smallest absolute Gasteiger partial charge is 0.271 e. The quantitative estimate of drug-likeness (QED) is 0.573. The van der Waals surface area contributed by atoms with Crippen molar-refractivity contribution in [3.8, 4) is 11.5 Å². The summed E-state index contributed by atoms with van der Waals surface area (Å²) in [5.74, 6) is 0.394. The number of sulfonamides is 1. The van der Waals surface area contributed by atoms with Crippen molar-refractivity contribution >= 4 is 33.0 Å². The average molecular weight is 407 g/mol. The molecule has 1 N–H and O–H groups in total. The molecule has 0 aromatic heterocycles. The second-order valence-corrected chi connectivity index (χ2v) is 8.02. The molecule has 1 aliphatic heterocycles. The Balaban J connectivity index is 1.85. The molecule has 0 aliphatic carbocycles. The highest BCUT2D eigenvalue weighted by Gasteiger charge is 2.25. The zero-order chi connectivity index (χ0) is 20.5. The predicted molar refractivity (Wildman–Crippen MR) is 101 cm³/mol. The molecule has 0 radical (unpaired) electrons. The number of non-ortho nitro benzene ring substituents is 1. The number of ether oxygens (including phenoxy) is 2. The van der Waals surface area contributed by atoms with Gasteiger partial charge < -0.3 is 14.8 Å². The summed E-state index contributed by atoms with van der Waals surface area (Å²) in [5, 5.41) is 13.6. The lowest BCUT2D eigenvalue weighted by molar-refractivity contribution is -0.384. The lowest BCUT2D eigenvalue weighted by atomic mass is 10.2. The van der Waals surface area contributed by atoms with E-state index in [4.69, 9.17) is 9.47 Å². The van der Waals surface area contributed by atoms with Crippen LogP contribution >= 0.6 is 0 Å². The molecular formula is C17H17N3O7S. The van der Waals surface area contributed by atoms with Gasteiger partial charge >= 0.3 is 0 Å². The van der Waals surface area contributed by atoms with Crippen LogP contribution in [0.3, 0.4) is 0 Å². The Morgan fingerprint density at radius 3 is 2.61 bits per heavy atom. The zero-order valence-corrected chi connectivity index (χ0v) is 15.9. The van der Waals surface area contributed by atoms with Crippen molar-refractivity contribution < 1.29 is 27.6 Å². The Morgan fingerprint density at radius 2 is 1.93 bits per heavy atom. The van der Waals surface area contributed by atoms with Crippen molar-refractivity contribution in [1.82, 2.24) is 0 Å². The van der Waals surface area contributed by atoms with Gasteiger partial charge in [-0.2, -0.15) is 0 Å². The number of nitrogens with zero attached hydrogens (tertiary/aromatic N) is 2. The summed E-state index contributed by atoms with van der Waals surface area (Å²) in [7, 11) is -3.87. The van der Waals surface area contributed by atoms with Crippen molar-refractivity contribution in [3.05, 3.63) is 52.1 Å². The zero-order valence-electron chi connectivity index (χ0n) is 15.0. The van der Waals surface area contributed by atoms with Crippen molar-refractivity contribution in [2.45, 2.75) is 6.92 Å². The van der Waals surface area contributed by atoms with Gasteiger partial charge in [-0.1, -0.05) is 6.07 Å². The van der Waals surface area contributed by atoms with Crippen molar-refractivity contribution in [2.75, 3.05) is 29.2 Å². The first-order valence-electron chi connectivity index (χ1n) is 8.07. The van der Waals surface area contributed by atoms with Crippen LogP contribution in [0.15, 0.2) is 36.4 Å². The van der Waals surface area contributed by atoms with Crippen LogP contribution in [0.25, 0.3) is 0 Å². The molecule has 1 aliphatic rings. The van der Waals surface area contributed by atoms with E-state index >= 15 is 0 Å². The molecule has 2 aromatic rings. The summed E-state index contributed by atoms with van der Waals surface area (Å²) in [5.41, 5.74) is 0.674. The number of anilines is 2. The number of benzene rings is 2. The highest BCUT2D eigenvalue weighted by atomic mass is 32.2. The number of rotatable bonds is 6. The largest absolute Gasteiger partial charge is 0.454 e. The summed E-state index contributed by atoms with van der Waals surface area (Å²) in [6, 6.07) is 8.60. The Labute approximate surface area is 160 Å². The molecule has 0 bridgehead atoms. The van der Waals surface area contributed by atoms with Gasteiger partial charge in [-0.15, -0.1) is 0 Å². The van der Waals surface area contributed by atoms with Crippen LogP contribution in [0.2, 0.25) is 0 Å².